The lowest BCUT2D eigenvalue weighted by Crippen LogP contribution is -2.13. The first-order chi connectivity index (χ1) is 8.25. The number of anilines is 1. The Morgan fingerprint density at radius 3 is 2.61 bits per heavy atom. The van der Waals surface area contributed by atoms with Gasteiger partial charge in [0.15, 0.2) is 0 Å². The molecule has 0 atom stereocenters. The van der Waals surface area contributed by atoms with E-state index in [2.05, 4.69) is 5.32 Å². The van der Waals surface area contributed by atoms with Gasteiger partial charge in [-0.2, -0.15) is 18.4 Å². The highest BCUT2D eigenvalue weighted by Gasteiger charge is 2.34. The normalized spacial score (nSPS) is 10.9. The van der Waals surface area contributed by atoms with Crippen LogP contribution in [0.25, 0.3) is 0 Å². The number of alkyl halides is 3. The molecule has 3 nitrogen and oxygen atoms in total. The summed E-state index contributed by atoms with van der Waals surface area (Å²) in [6.45, 7) is 0. The van der Waals surface area contributed by atoms with Gasteiger partial charge in [-0.25, -0.2) is 0 Å². The molecule has 8 heteroatoms. The first-order valence-electron chi connectivity index (χ1n) is 4.48. The van der Waals surface area contributed by atoms with Gasteiger partial charge in [-0.3, -0.25) is 4.79 Å². The van der Waals surface area contributed by atoms with E-state index in [-0.39, 0.29) is 5.69 Å². The number of hydrogen-bond acceptors (Lipinski definition) is 2. The molecule has 96 valence electrons. The van der Waals surface area contributed by atoms with Crippen LogP contribution in [-0.2, 0) is 11.0 Å². The summed E-state index contributed by atoms with van der Waals surface area (Å²) in [7, 11) is 0. The van der Waals surface area contributed by atoms with Crippen LogP contribution in [0.5, 0.6) is 0 Å². The SMILES string of the molecule is N#CCC(=O)Nc1cc(C(F)(F)F)c(Cl)cc1I. The molecule has 0 aliphatic heterocycles. The largest absolute Gasteiger partial charge is 0.417 e. The zero-order valence-corrected chi connectivity index (χ0v) is 11.5. The molecule has 0 unspecified atom stereocenters. The summed E-state index contributed by atoms with van der Waals surface area (Å²) in [4.78, 5) is 11.2. The molecule has 0 spiro atoms. The van der Waals surface area contributed by atoms with Crippen molar-refractivity contribution in [3.8, 4) is 6.07 Å². The van der Waals surface area contributed by atoms with Crippen LogP contribution in [0.1, 0.15) is 12.0 Å². The zero-order chi connectivity index (χ0) is 13.9. The van der Waals surface area contributed by atoms with E-state index in [9.17, 15) is 18.0 Å². The number of nitrogens with zero attached hydrogens (tertiary/aromatic N) is 1. The van der Waals surface area contributed by atoms with Crippen LogP contribution in [0.15, 0.2) is 12.1 Å². The summed E-state index contributed by atoms with van der Waals surface area (Å²) in [6, 6.07) is 3.45. The lowest BCUT2D eigenvalue weighted by molar-refractivity contribution is -0.137. The third kappa shape index (κ3) is 3.74. The van der Waals surface area contributed by atoms with Crippen molar-refractivity contribution in [3.05, 3.63) is 26.3 Å². The van der Waals surface area contributed by atoms with Crippen LogP contribution in [0.4, 0.5) is 18.9 Å². The van der Waals surface area contributed by atoms with Gasteiger partial charge in [0.1, 0.15) is 6.42 Å². The van der Waals surface area contributed by atoms with E-state index >= 15 is 0 Å². The zero-order valence-electron chi connectivity index (χ0n) is 8.61. The molecular weight excluding hydrogens is 383 g/mol. The lowest BCUT2D eigenvalue weighted by Gasteiger charge is -2.13. The van der Waals surface area contributed by atoms with Crippen molar-refractivity contribution in [3.63, 3.8) is 0 Å². The molecule has 0 bridgehead atoms. The predicted molar refractivity (Wildman–Crippen MR) is 68.0 cm³/mol. The molecule has 0 radical (unpaired) electrons. The molecule has 0 heterocycles. The van der Waals surface area contributed by atoms with Crippen LogP contribution in [0, 0.1) is 14.9 Å². The Morgan fingerprint density at radius 2 is 2.11 bits per heavy atom. The molecule has 0 aromatic heterocycles. The molecule has 0 aliphatic rings. The van der Waals surface area contributed by atoms with Gasteiger partial charge >= 0.3 is 6.18 Å². The lowest BCUT2D eigenvalue weighted by atomic mass is 10.2. The minimum Gasteiger partial charge on any atom is -0.324 e. The molecule has 0 aliphatic carbocycles. The van der Waals surface area contributed by atoms with Gasteiger partial charge in [0.05, 0.1) is 22.3 Å². The number of nitriles is 1. The van der Waals surface area contributed by atoms with Gasteiger partial charge < -0.3 is 5.32 Å². The van der Waals surface area contributed by atoms with E-state index in [1.165, 1.54) is 0 Å². The number of halogens is 5. The average Bonchev–Trinajstić information content (AvgIpc) is 2.20. The Labute approximate surface area is 119 Å². The van der Waals surface area contributed by atoms with Crippen molar-refractivity contribution >= 4 is 45.8 Å². The van der Waals surface area contributed by atoms with Crippen LogP contribution in [-0.4, -0.2) is 5.91 Å². The Balaban J connectivity index is 3.14. The summed E-state index contributed by atoms with van der Waals surface area (Å²) in [5.41, 5.74) is -1.05. The van der Waals surface area contributed by atoms with Crippen LogP contribution in [0.3, 0.4) is 0 Å². The predicted octanol–water partition coefficient (Wildman–Crippen LogP) is 3.82. The molecule has 1 aromatic carbocycles. The summed E-state index contributed by atoms with van der Waals surface area (Å²) < 4.78 is 38.1. The van der Waals surface area contributed by atoms with Crippen LogP contribution >= 0.6 is 34.2 Å². The summed E-state index contributed by atoms with van der Waals surface area (Å²) in [5, 5.41) is 10.1. The van der Waals surface area contributed by atoms with Crippen molar-refractivity contribution in [2.24, 2.45) is 0 Å². The molecule has 1 rings (SSSR count). The number of hydrogen-bond donors (Lipinski definition) is 1. The Kier molecular flexibility index (Phi) is 4.81. The molecule has 1 aromatic rings. The monoisotopic (exact) mass is 388 g/mol. The van der Waals surface area contributed by atoms with Crippen LogP contribution in [0.2, 0.25) is 5.02 Å². The number of carbonyl (C=O) groups is 1. The Morgan fingerprint density at radius 1 is 1.50 bits per heavy atom. The fourth-order valence-corrected chi connectivity index (χ4v) is 2.19. The van der Waals surface area contributed by atoms with E-state index < -0.39 is 29.1 Å². The fraction of sp³-hybridized carbons (Fsp3) is 0.200. The maximum Gasteiger partial charge on any atom is 0.417 e. The number of amides is 1. The second-order valence-corrected chi connectivity index (χ2v) is 4.76. The molecule has 0 fully saturated rings. The summed E-state index contributed by atoms with van der Waals surface area (Å²) in [5.74, 6) is -0.675. The maximum atomic E-state index is 12.6. The van der Waals surface area contributed by atoms with Gasteiger partial charge in [0, 0.05) is 3.57 Å². The average molecular weight is 389 g/mol. The molecule has 1 N–H and O–H groups in total. The summed E-state index contributed by atoms with van der Waals surface area (Å²) in [6.07, 6.45) is -5.03. The third-order valence-corrected chi connectivity index (χ3v) is 3.08. The van der Waals surface area contributed by atoms with E-state index in [1.54, 1.807) is 28.7 Å². The Bertz CT molecular complexity index is 525. The number of carbonyl (C=O) groups excluding carboxylic acids is 1. The smallest absolute Gasteiger partial charge is 0.324 e. The first kappa shape index (κ1) is 15.0. The second kappa shape index (κ2) is 5.75. The standard InChI is InChI=1S/C10H5ClF3IN2O/c11-6-4-7(15)8(17-9(18)1-2-16)3-5(6)10(12,13)14/h3-4H,1H2,(H,17,18). The van der Waals surface area contributed by atoms with Crippen LogP contribution < -0.4 is 5.32 Å². The molecule has 1 amide bonds. The van der Waals surface area contributed by atoms with E-state index in [4.69, 9.17) is 16.9 Å². The quantitative estimate of drug-likeness (QED) is 0.783. The minimum absolute atomic E-state index is 0.0208. The highest BCUT2D eigenvalue weighted by Crippen LogP contribution is 2.38. The highest BCUT2D eigenvalue weighted by atomic mass is 127. The van der Waals surface area contributed by atoms with Gasteiger partial charge in [0.2, 0.25) is 5.91 Å². The summed E-state index contributed by atoms with van der Waals surface area (Å²) >= 11 is 7.24. The topological polar surface area (TPSA) is 52.9 Å². The number of rotatable bonds is 2. The first-order valence-corrected chi connectivity index (χ1v) is 5.94. The van der Waals surface area contributed by atoms with E-state index in [0.717, 1.165) is 12.1 Å². The maximum absolute atomic E-state index is 12.6. The van der Waals surface area contributed by atoms with Crippen molar-refractivity contribution in [1.29, 1.82) is 5.26 Å². The van der Waals surface area contributed by atoms with Crippen molar-refractivity contribution in [2.45, 2.75) is 12.6 Å². The molecule has 0 saturated carbocycles. The number of nitrogens with one attached hydrogen (secondary N) is 1. The van der Waals surface area contributed by atoms with Gasteiger partial charge in [-0.05, 0) is 34.7 Å². The van der Waals surface area contributed by atoms with Gasteiger partial charge in [-0.15, -0.1) is 0 Å². The Hall–Kier alpha value is -1.01. The van der Waals surface area contributed by atoms with E-state index in [0.29, 0.717) is 3.57 Å². The molecule has 18 heavy (non-hydrogen) atoms. The highest BCUT2D eigenvalue weighted by molar-refractivity contribution is 14.1. The molecular formula is C10H5ClF3IN2O. The fourth-order valence-electron chi connectivity index (χ4n) is 1.13. The molecule has 0 saturated heterocycles. The number of benzene rings is 1. The van der Waals surface area contributed by atoms with Crippen molar-refractivity contribution in [2.75, 3.05) is 5.32 Å². The van der Waals surface area contributed by atoms with E-state index in [1.807, 2.05) is 0 Å². The van der Waals surface area contributed by atoms with Gasteiger partial charge in [0.25, 0.3) is 0 Å². The van der Waals surface area contributed by atoms with Crippen molar-refractivity contribution in [1.82, 2.24) is 0 Å². The van der Waals surface area contributed by atoms with Gasteiger partial charge in [-0.1, -0.05) is 11.6 Å². The minimum atomic E-state index is -4.60. The van der Waals surface area contributed by atoms with Crippen molar-refractivity contribution < 1.29 is 18.0 Å². The second-order valence-electron chi connectivity index (χ2n) is 3.19. The third-order valence-electron chi connectivity index (χ3n) is 1.88.